The van der Waals surface area contributed by atoms with E-state index in [0.29, 0.717) is 22.3 Å². The lowest BCUT2D eigenvalue weighted by Crippen LogP contribution is -2.46. The fourth-order valence-electron chi connectivity index (χ4n) is 3.38. The molecule has 35 heavy (non-hydrogen) atoms. The zero-order chi connectivity index (χ0) is 25.4. The number of hydrogen-bond donors (Lipinski definition) is 1. The molecule has 9 nitrogen and oxygen atoms in total. The van der Waals surface area contributed by atoms with Gasteiger partial charge in [0.25, 0.3) is 0 Å². The minimum Gasteiger partial charge on any atom is -0.497 e. The summed E-state index contributed by atoms with van der Waals surface area (Å²) in [5, 5.41) is 3.39. The fourth-order valence-corrected chi connectivity index (χ4v) is 4.21. The van der Waals surface area contributed by atoms with Gasteiger partial charge in [-0.2, -0.15) is 0 Å². The predicted octanol–water partition coefficient (Wildman–Crippen LogP) is 3.65. The van der Waals surface area contributed by atoms with Crippen molar-refractivity contribution < 1.29 is 19.1 Å². The minimum absolute atomic E-state index is 0.0899. The second-order valence-electron chi connectivity index (χ2n) is 7.84. The fraction of sp³-hybridized carbons (Fsp3) is 0.320. The number of benzene rings is 1. The highest BCUT2D eigenvalue weighted by atomic mass is 32.2. The number of pyridine rings is 1. The van der Waals surface area contributed by atoms with Crippen molar-refractivity contribution in [2.75, 3.05) is 25.3 Å². The highest BCUT2D eigenvalue weighted by Gasteiger charge is 2.27. The standard InChI is InChI=1S/C25H29N5O4S/c1-16-11-17(2)28-25(27-16)35-15-23(31)30(14-19-7-6-10-26-13-19)18(3)24(32)29-21-9-8-20(33-4)12-22(21)34-5/h6-13,18H,14-15H2,1-5H3,(H,29,32). The third kappa shape index (κ3) is 7.16. The lowest BCUT2D eigenvalue weighted by atomic mass is 10.2. The lowest BCUT2D eigenvalue weighted by molar-refractivity contribution is -0.136. The number of rotatable bonds is 10. The molecule has 1 aromatic carbocycles. The molecule has 0 bridgehead atoms. The largest absolute Gasteiger partial charge is 0.497 e. The van der Waals surface area contributed by atoms with Gasteiger partial charge in [-0.25, -0.2) is 9.97 Å². The average Bonchev–Trinajstić information content (AvgIpc) is 2.85. The van der Waals surface area contributed by atoms with Crippen LogP contribution in [0.1, 0.15) is 23.9 Å². The number of aromatic nitrogens is 3. The number of aryl methyl sites for hydroxylation is 2. The number of hydrogen-bond acceptors (Lipinski definition) is 8. The first-order valence-electron chi connectivity index (χ1n) is 11.0. The van der Waals surface area contributed by atoms with Crippen molar-refractivity contribution in [1.29, 1.82) is 0 Å². The Morgan fingerprint density at radius 3 is 2.46 bits per heavy atom. The first-order chi connectivity index (χ1) is 16.8. The van der Waals surface area contributed by atoms with E-state index in [4.69, 9.17) is 9.47 Å². The number of thioether (sulfide) groups is 1. The van der Waals surface area contributed by atoms with E-state index in [9.17, 15) is 9.59 Å². The maximum atomic E-state index is 13.3. The molecule has 0 radical (unpaired) electrons. The third-order valence-electron chi connectivity index (χ3n) is 5.20. The number of anilines is 1. The van der Waals surface area contributed by atoms with Gasteiger partial charge in [0.2, 0.25) is 11.8 Å². The van der Waals surface area contributed by atoms with Gasteiger partial charge < -0.3 is 19.7 Å². The maximum absolute atomic E-state index is 13.3. The molecule has 0 spiro atoms. The smallest absolute Gasteiger partial charge is 0.247 e. The molecule has 0 fully saturated rings. The normalized spacial score (nSPS) is 11.5. The number of nitrogens with zero attached hydrogens (tertiary/aromatic N) is 4. The SMILES string of the molecule is COc1ccc(NC(=O)C(C)N(Cc2cccnc2)C(=O)CSc2nc(C)cc(C)n2)c(OC)c1. The minimum atomic E-state index is -0.768. The Morgan fingerprint density at radius 1 is 1.09 bits per heavy atom. The van der Waals surface area contributed by atoms with Crippen LogP contribution in [-0.2, 0) is 16.1 Å². The van der Waals surface area contributed by atoms with E-state index in [1.807, 2.05) is 26.0 Å². The van der Waals surface area contributed by atoms with Crippen LogP contribution in [0.3, 0.4) is 0 Å². The number of methoxy groups -OCH3 is 2. The predicted molar refractivity (Wildman–Crippen MR) is 135 cm³/mol. The first kappa shape index (κ1) is 26.0. The summed E-state index contributed by atoms with van der Waals surface area (Å²) in [5.74, 6) is 0.584. The summed E-state index contributed by atoms with van der Waals surface area (Å²) in [5.41, 5.74) is 2.97. The Labute approximate surface area is 209 Å². The van der Waals surface area contributed by atoms with Gasteiger partial charge in [0.1, 0.15) is 17.5 Å². The van der Waals surface area contributed by atoms with Crippen LogP contribution in [0, 0.1) is 13.8 Å². The second kappa shape index (κ2) is 12.2. The molecule has 0 aliphatic carbocycles. The molecule has 0 aliphatic heterocycles. The van der Waals surface area contributed by atoms with Gasteiger partial charge >= 0.3 is 0 Å². The lowest BCUT2D eigenvalue weighted by Gasteiger charge is -2.28. The van der Waals surface area contributed by atoms with Gasteiger partial charge in [0, 0.05) is 36.4 Å². The molecule has 10 heteroatoms. The van der Waals surface area contributed by atoms with Crippen molar-refractivity contribution in [3.05, 3.63) is 65.7 Å². The third-order valence-corrected chi connectivity index (χ3v) is 6.03. The Bertz CT molecular complexity index is 1160. The molecular formula is C25H29N5O4S. The summed E-state index contributed by atoms with van der Waals surface area (Å²) >= 11 is 1.24. The van der Waals surface area contributed by atoms with E-state index >= 15 is 0 Å². The average molecular weight is 496 g/mol. The Kier molecular flexibility index (Phi) is 9.02. The molecule has 1 atom stereocenters. The molecule has 0 saturated heterocycles. The molecule has 0 aliphatic rings. The number of carbonyl (C=O) groups excluding carboxylic acids is 2. The zero-order valence-corrected chi connectivity index (χ0v) is 21.3. The molecule has 2 aromatic heterocycles. The van der Waals surface area contributed by atoms with Crippen LogP contribution in [0.4, 0.5) is 5.69 Å². The quantitative estimate of drug-likeness (QED) is 0.336. The monoisotopic (exact) mass is 495 g/mol. The number of amides is 2. The van der Waals surface area contributed by atoms with Crippen molar-refractivity contribution in [3.8, 4) is 11.5 Å². The van der Waals surface area contributed by atoms with Crippen LogP contribution < -0.4 is 14.8 Å². The van der Waals surface area contributed by atoms with Crippen LogP contribution in [0.2, 0.25) is 0 Å². The second-order valence-corrected chi connectivity index (χ2v) is 8.78. The van der Waals surface area contributed by atoms with Gasteiger partial charge in [0.05, 0.1) is 25.7 Å². The molecule has 2 heterocycles. The van der Waals surface area contributed by atoms with Gasteiger partial charge in [-0.15, -0.1) is 0 Å². The molecule has 1 unspecified atom stereocenters. The summed E-state index contributed by atoms with van der Waals surface area (Å²) in [6.45, 7) is 5.69. The highest BCUT2D eigenvalue weighted by molar-refractivity contribution is 7.99. The number of carbonyl (C=O) groups is 2. The van der Waals surface area contributed by atoms with Crippen molar-refractivity contribution in [2.45, 2.75) is 38.5 Å². The highest BCUT2D eigenvalue weighted by Crippen LogP contribution is 2.29. The molecule has 2 amide bonds. The summed E-state index contributed by atoms with van der Waals surface area (Å²) in [7, 11) is 3.07. The van der Waals surface area contributed by atoms with E-state index in [1.54, 1.807) is 50.7 Å². The maximum Gasteiger partial charge on any atom is 0.247 e. The van der Waals surface area contributed by atoms with Gasteiger partial charge in [0.15, 0.2) is 5.16 Å². The molecular weight excluding hydrogens is 466 g/mol. The summed E-state index contributed by atoms with van der Waals surface area (Å²) in [6, 6.07) is 9.87. The van der Waals surface area contributed by atoms with Gasteiger partial charge in [-0.05, 0) is 50.6 Å². The van der Waals surface area contributed by atoms with E-state index in [1.165, 1.54) is 23.8 Å². The van der Waals surface area contributed by atoms with Crippen molar-refractivity contribution in [1.82, 2.24) is 19.9 Å². The molecule has 184 valence electrons. The van der Waals surface area contributed by atoms with Crippen LogP contribution >= 0.6 is 11.8 Å². The molecule has 3 rings (SSSR count). The Morgan fingerprint density at radius 2 is 1.83 bits per heavy atom. The molecule has 1 N–H and O–H groups in total. The van der Waals surface area contributed by atoms with Crippen LogP contribution in [-0.4, -0.2) is 57.7 Å². The van der Waals surface area contributed by atoms with Crippen LogP contribution in [0.25, 0.3) is 0 Å². The topological polar surface area (TPSA) is 107 Å². The summed E-state index contributed by atoms with van der Waals surface area (Å²) in [4.78, 5) is 40.9. The van der Waals surface area contributed by atoms with Gasteiger partial charge in [-0.1, -0.05) is 17.8 Å². The van der Waals surface area contributed by atoms with Gasteiger partial charge in [-0.3, -0.25) is 14.6 Å². The van der Waals surface area contributed by atoms with Crippen molar-refractivity contribution >= 4 is 29.3 Å². The zero-order valence-electron chi connectivity index (χ0n) is 20.4. The number of ether oxygens (including phenoxy) is 2. The van der Waals surface area contributed by atoms with E-state index in [0.717, 1.165) is 17.0 Å². The molecule has 0 saturated carbocycles. The number of nitrogens with one attached hydrogen (secondary N) is 1. The molecule has 3 aromatic rings. The van der Waals surface area contributed by atoms with E-state index in [-0.39, 0.29) is 24.1 Å². The van der Waals surface area contributed by atoms with E-state index < -0.39 is 6.04 Å². The van der Waals surface area contributed by atoms with Crippen LogP contribution in [0.5, 0.6) is 11.5 Å². The van der Waals surface area contributed by atoms with Crippen LogP contribution in [0.15, 0.2) is 53.9 Å². The van der Waals surface area contributed by atoms with E-state index in [2.05, 4.69) is 20.3 Å². The van der Waals surface area contributed by atoms with Crippen molar-refractivity contribution in [2.24, 2.45) is 0 Å². The first-order valence-corrected chi connectivity index (χ1v) is 12.0. The summed E-state index contributed by atoms with van der Waals surface area (Å²) in [6.07, 6.45) is 3.34. The Balaban J connectivity index is 1.78. The Hall–Kier alpha value is -3.66. The van der Waals surface area contributed by atoms with Crippen molar-refractivity contribution in [3.63, 3.8) is 0 Å². The summed E-state index contributed by atoms with van der Waals surface area (Å²) < 4.78 is 10.6.